The molecular weight excluding hydrogens is 378 g/mol. The van der Waals surface area contributed by atoms with E-state index in [4.69, 9.17) is 26.2 Å². The van der Waals surface area contributed by atoms with Crippen molar-refractivity contribution in [2.75, 3.05) is 11.8 Å². The number of carbonyl (C=O) groups excluding carboxylic acids is 1. The minimum Gasteiger partial charge on any atom is -0.454 e. The molecule has 6 nitrogen and oxygen atoms in total. The molecule has 0 aliphatic carbocycles. The van der Waals surface area contributed by atoms with Gasteiger partial charge >= 0.3 is 0 Å². The Morgan fingerprint density at radius 3 is 2.43 bits per heavy atom. The smallest absolute Gasteiger partial charge is 0.231 e. The van der Waals surface area contributed by atoms with Crippen LogP contribution in [0.15, 0.2) is 47.6 Å². The number of ether oxygens (including phenoxy) is 2. The third-order valence-corrected chi connectivity index (χ3v) is 4.98. The maximum absolute atomic E-state index is 12.4. The summed E-state index contributed by atoms with van der Waals surface area (Å²) < 4.78 is 11.0. The normalized spacial score (nSPS) is 18.5. The lowest BCUT2D eigenvalue weighted by atomic mass is 10.0. The van der Waals surface area contributed by atoms with Gasteiger partial charge in [0.05, 0.1) is 5.69 Å². The SMILES string of the molecule is CC(=O)C1=NN(c2ccc(Cl)cc2)[C@@H](c2ccc3c(c2)OCO3)N1C(C)(C)C. The maximum atomic E-state index is 12.4. The van der Waals surface area contributed by atoms with Crippen molar-refractivity contribution in [3.05, 3.63) is 53.1 Å². The van der Waals surface area contributed by atoms with E-state index in [1.807, 2.05) is 52.4 Å². The summed E-state index contributed by atoms with van der Waals surface area (Å²) in [4.78, 5) is 14.5. The molecular formula is C21H22ClN3O3. The van der Waals surface area contributed by atoms with E-state index in [-0.39, 0.29) is 24.3 Å². The van der Waals surface area contributed by atoms with Gasteiger partial charge in [0.15, 0.2) is 29.3 Å². The monoisotopic (exact) mass is 399 g/mol. The molecule has 4 rings (SSSR count). The first-order valence-corrected chi connectivity index (χ1v) is 9.47. The van der Waals surface area contributed by atoms with Gasteiger partial charge in [-0.05, 0) is 57.2 Å². The number of fused-ring (bicyclic) bond motifs is 1. The summed E-state index contributed by atoms with van der Waals surface area (Å²) in [6, 6.07) is 13.3. The van der Waals surface area contributed by atoms with Crippen LogP contribution >= 0.6 is 11.6 Å². The Balaban J connectivity index is 1.86. The molecule has 2 aromatic carbocycles. The minimum absolute atomic E-state index is 0.0860. The molecule has 0 amide bonds. The summed E-state index contributed by atoms with van der Waals surface area (Å²) >= 11 is 6.07. The van der Waals surface area contributed by atoms with Crippen LogP contribution in [-0.2, 0) is 4.79 Å². The summed E-state index contributed by atoms with van der Waals surface area (Å²) in [6.45, 7) is 7.95. The summed E-state index contributed by atoms with van der Waals surface area (Å²) in [5.74, 6) is 1.75. The Hall–Kier alpha value is -2.73. The largest absolute Gasteiger partial charge is 0.454 e. The number of hydrazone groups is 1. The Kier molecular flexibility index (Phi) is 4.46. The molecule has 0 bridgehead atoms. The molecule has 28 heavy (non-hydrogen) atoms. The number of Topliss-reactive ketones (excluding diaryl/α,β-unsaturated/α-hetero) is 1. The van der Waals surface area contributed by atoms with Gasteiger partial charge in [0.1, 0.15) is 0 Å². The van der Waals surface area contributed by atoms with Crippen molar-refractivity contribution in [1.82, 2.24) is 4.90 Å². The summed E-state index contributed by atoms with van der Waals surface area (Å²) in [7, 11) is 0. The second kappa shape index (κ2) is 6.71. The molecule has 0 saturated heterocycles. The van der Waals surface area contributed by atoms with Gasteiger partial charge in [-0.3, -0.25) is 4.79 Å². The number of anilines is 1. The second-order valence-corrected chi connectivity index (χ2v) is 8.26. The molecule has 0 unspecified atom stereocenters. The van der Waals surface area contributed by atoms with Gasteiger partial charge in [-0.2, -0.15) is 0 Å². The molecule has 1 atom stereocenters. The predicted molar refractivity (Wildman–Crippen MR) is 109 cm³/mol. The topological polar surface area (TPSA) is 54.4 Å². The van der Waals surface area contributed by atoms with Crippen molar-refractivity contribution in [2.45, 2.75) is 39.4 Å². The average molecular weight is 400 g/mol. The lowest BCUT2D eigenvalue weighted by Gasteiger charge is -2.40. The first-order valence-electron chi connectivity index (χ1n) is 9.09. The molecule has 2 aliphatic heterocycles. The average Bonchev–Trinajstić information content (AvgIpc) is 3.26. The number of ketones is 1. The fourth-order valence-electron chi connectivity index (χ4n) is 3.51. The zero-order valence-electron chi connectivity index (χ0n) is 16.3. The van der Waals surface area contributed by atoms with Crippen molar-refractivity contribution in [3.63, 3.8) is 0 Å². The van der Waals surface area contributed by atoms with Crippen LogP contribution in [0.25, 0.3) is 0 Å². The molecule has 146 valence electrons. The van der Waals surface area contributed by atoms with Crippen LogP contribution < -0.4 is 14.5 Å². The zero-order valence-corrected chi connectivity index (χ0v) is 17.0. The first-order chi connectivity index (χ1) is 13.3. The van der Waals surface area contributed by atoms with Gasteiger partial charge in [-0.15, -0.1) is 5.10 Å². The number of nitrogens with zero attached hydrogens (tertiary/aromatic N) is 3. The van der Waals surface area contributed by atoms with Crippen LogP contribution in [0.3, 0.4) is 0 Å². The van der Waals surface area contributed by atoms with Crippen LogP contribution in [0.5, 0.6) is 11.5 Å². The molecule has 0 fully saturated rings. The maximum Gasteiger partial charge on any atom is 0.231 e. The fourth-order valence-corrected chi connectivity index (χ4v) is 3.64. The van der Waals surface area contributed by atoms with E-state index in [0.29, 0.717) is 16.6 Å². The quantitative estimate of drug-likeness (QED) is 0.755. The standard InChI is InChI=1S/C21H22ClN3O3/c1-13(26)19-23-25(16-8-6-15(22)7-9-16)20(24(19)21(2,3)4)14-5-10-17-18(11-14)28-12-27-17/h5-11,20H,12H2,1-4H3/t20-/m0/s1. The fraction of sp³-hybridized carbons (Fsp3) is 0.333. The van der Waals surface area contributed by atoms with E-state index >= 15 is 0 Å². The number of hydrogen-bond donors (Lipinski definition) is 0. The number of hydrogen-bond acceptors (Lipinski definition) is 6. The summed E-state index contributed by atoms with van der Waals surface area (Å²) in [6.07, 6.45) is -0.311. The second-order valence-electron chi connectivity index (χ2n) is 7.83. The molecule has 0 saturated carbocycles. The molecule has 0 spiro atoms. The van der Waals surface area contributed by atoms with E-state index in [1.54, 1.807) is 6.92 Å². The highest BCUT2D eigenvalue weighted by atomic mass is 35.5. The Morgan fingerprint density at radius 2 is 1.79 bits per heavy atom. The minimum atomic E-state index is -0.341. The van der Waals surface area contributed by atoms with Crippen molar-refractivity contribution in [3.8, 4) is 11.5 Å². The molecule has 2 aliphatic rings. The number of amidine groups is 1. The number of rotatable bonds is 3. The van der Waals surface area contributed by atoms with Crippen LogP contribution in [0, 0.1) is 0 Å². The van der Waals surface area contributed by atoms with Crippen molar-refractivity contribution >= 4 is 28.9 Å². The van der Waals surface area contributed by atoms with Gasteiger partial charge in [0.25, 0.3) is 0 Å². The van der Waals surface area contributed by atoms with Crippen LogP contribution in [0.4, 0.5) is 5.69 Å². The van der Waals surface area contributed by atoms with Crippen LogP contribution in [-0.4, -0.2) is 28.9 Å². The van der Waals surface area contributed by atoms with E-state index in [0.717, 1.165) is 17.0 Å². The predicted octanol–water partition coefficient (Wildman–Crippen LogP) is 4.59. The Morgan fingerprint density at radius 1 is 1.11 bits per heavy atom. The van der Waals surface area contributed by atoms with Crippen molar-refractivity contribution in [2.24, 2.45) is 5.10 Å². The molecule has 0 N–H and O–H groups in total. The van der Waals surface area contributed by atoms with E-state index in [2.05, 4.69) is 20.8 Å². The van der Waals surface area contributed by atoms with Crippen LogP contribution in [0.2, 0.25) is 5.02 Å². The van der Waals surface area contributed by atoms with E-state index in [1.165, 1.54) is 0 Å². The van der Waals surface area contributed by atoms with E-state index < -0.39 is 0 Å². The first kappa shape index (κ1) is 18.6. The lowest BCUT2D eigenvalue weighted by Crippen LogP contribution is -2.49. The molecule has 0 aromatic heterocycles. The van der Waals surface area contributed by atoms with Crippen molar-refractivity contribution < 1.29 is 14.3 Å². The van der Waals surface area contributed by atoms with Gasteiger partial charge in [0, 0.05) is 23.0 Å². The summed E-state index contributed by atoms with van der Waals surface area (Å²) in [5, 5.41) is 7.20. The highest BCUT2D eigenvalue weighted by Crippen LogP contribution is 2.43. The van der Waals surface area contributed by atoms with Crippen LogP contribution in [0.1, 0.15) is 39.4 Å². The summed E-state index contributed by atoms with van der Waals surface area (Å²) in [5.41, 5.74) is 1.46. The number of carbonyl (C=O) groups is 1. The molecule has 2 heterocycles. The molecule has 0 radical (unpaired) electrons. The van der Waals surface area contributed by atoms with Crippen molar-refractivity contribution in [1.29, 1.82) is 0 Å². The molecule has 2 aromatic rings. The third kappa shape index (κ3) is 3.18. The van der Waals surface area contributed by atoms with Gasteiger partial charge < -0.3 is 14.4 Å². The van der Waals surface area contributed by atoms with E-state index in [9.17, 15) is 4.79 Å². The van der Waals surface area contributed by atoms with Gasteiger partial charge in [-0.25, -0.2) is 5.01 Å². The molecule has 7 heteroatoms. The Bertz CT molecular complexity index is 950. The highest BCUT2D eigenvalue weighted by Gasteiger charge is 2.43. The third-order valence-electron chi connectivity index (χ3n) is 4.73. The zero-order chi connectivity index (χ0) is 20.1. The lowest BCUT2D eigenvalue weighted by molar-refractivity contribution is -0.112. The van der Waals surface area contributed by atoms with Gasteiger partial charge in [0.2, 0.25) is 6.79 Å². The number of halogens is 1. The highest BCUT2D eigenvalue weighted by molar-refractivity contribution is 6.38. The van der Waals surface area contributed by atoms with Gasteiger partial charge in [-0.1, -0.05) is 17.7 Å². The Labute approximate surface area is 169 Å². The number of benzene rings is 2.